The summed E-state index contributed by atoms with van der Waals surface area (Å²) in [4.78, 5) is 22.9. The first kappa shape index (κ1) is 14.9. The third-order valence-corrected chi connectivity index (χ3v) is 3.04. The maximum absolute atomic E-state index is 11.8. The van der Waals surface area contributed by atoms with Crippen molar-refractivity contribution in [3.8, 4) is 0 Å². The quantitative estimate of drug-likeness (QED) is 0.802. The number of urea groups is 1. The van der Waals surface area contributed by atoms with Gasteiger partial charge in [0.05, 0.1) is 5.56 Å². The highest BCUT2D eigenvalue weighted by Gasteiger charge is 2.09. The van der Waals surface area contributed by atoms with E-state index in [1.54, 1.807) is 43.3 Å². The van der Waals surface area contributed by atoms with Crippen LogP contribution < -0.4 is 10.6 Å². The number of carbonyl (C=O) groups excluding carboxylic acids is 1. The molecule has 3 N–H and O–H groups in total. The third-order valence-electron chi connectivity index (χ3n) is 2.81. The first-order valence-electron chi connectivity index (χ1n) is 6.13. The molecular weight excluding hydrogens is 292 g/mol. The SMILES string of the molecule is Cc1ccc(NC(=O)Nc2cccc(Cl)c2)cc1C(=O)O. The molecule has 0 spiro atoms. The van der Waals surface area contributed by atoms with Gasteiger partial charge in [0.15, 0.2) is 0 Å². The largest absolute Gasteiger partial charge is 0.478 e. The molecule has 2 aromatic rings. The lowest BCUT2D eigenvalue weighted by atomic mass is 10.1. The number of hydrogen-bond acceptors (Lipinski definition) is 2. The fourth-order valence-corrected chi connectivity index (χ4v) is 1.98. The molecule has 2 rings (SSSR count). The van der Waals surface area contributed by atoms with Gasteiger partial charge >= 0.3 is 12.0 Å². The monoisotopic (exact) mass is 304 g/mol. The molecule has 0 radical (unpaired) electrons. The number of hydrogen-bond donors (Lipinski definition) is 3. The van der Waals surface area contributed by atoms with E-state index in [4.69, 9.17) is 16.7 Å². The molecule has 0 saturated heterocycles. The lowest BCUT2D eigenvalue weighted by molar-refractivity contribution is 0.0696. The molecule has 6 heteroatoms. The van der Waals surface area contributed by atoms with E-state index in [0.717, 1.165) is 0 Å². The van der Waals surface area contributed by atoms with Crippen molar-refractivity contribution in [1.82, 2.24) is 0 Å². The molecule has 108 valence electrons. The van der Waals surface area contributed by atoms with E-state index in [0.29, 0.717) is 22.0 Å². The highest BCUT2D eigenvalue weighted by atomic mass is 35.5. The Morgan fingerprint density at radius 1 is 1.05 bits per heavy atom. The van der Waals surface area contributed by atoms with Crippen molar-refractivity contribution in [2.75, 3.05) is 10.6 Å². The lowest BCUT2D eigenvalue weighted by Gasteiger charge is -2.09. The van der Waals surface area contributed by atoms with Crippen molar-refractivity contribution in [2.45, 2.75) is 6.92 Å². The summed E-state index contributed by atoms with van der Waals surface area (Å²) < 4.78 is 0. The number of aryl methyl sites for hydroxylation is 1. The Labute approximate surface area is 126 Å². The second kappa shape index (κ2) is 6.28. The van der Waals surface area contributed by atoms with Crippen LogP contribution in [0.5, 0.6) is 0 Å². The topological polar surface area (TPSA) is 78.4 Å². The van der Waals surface area contributed by atoms with Gasteiger partial charge in [-0.1, -0.05) is 23.7 Å². The highest BCUT2D eigenvalue weighted by molar-refractivity contribution is 6.30. The maximum atomic E-state index is 11.8. The van der Waals surface area contributed by atoms with Gasteiger partial charge in [-0.15, -0.1) is 0 Å². The van der Waals surface area contributed by atoms with Gasteiger partial charge in [-0.2, -0.15) is 0 Å². The van der Waals surface area contributed by atoms with Gasteiger partial charge in [0, 0.05) is 16.4 Å². The normalized spacial score (nSPS) is 10.0. The Bertz CT molecular complexity index is 701. The second-order valence-electron chi connectivity index (χ2n) is 4.42. The molecule has 21 heavy (non-hydrogen) atoms. The zero-order chi connectivity index (χ0) is 15.4. The van der Waals surface area contributed by atoms with Crippen LogP contribution in [-0.2, 0) is 0 Å². The van der Waals surface area contributed by atoms with Gasteiger partial charge in [0.1, 0.15) is 0 Å². The number of halogens is 1. The van der Waals surface area contributed by atoms with E-state index in [1.807, 2.05) is 0 Å². The smallest absolute Gasteiger partial charge is 0.336 e. The van der Waals surface area contributed by atoms with E-state index in [2.05, 4.69) is 10.6 Å². The zero-order valence-corrected chi connectivity index (χ0v) is 11.9. The molecule has 5 nitrogen and oxygen atoms in total. The Balaban J connectivity index is 2.09. The van der Waals surface area contributed by atoms with E-state index in [-0.39, 0.29) is 5.56 Å². The van der Waals surface area contributed by atoms with Gasteiger partial charge in [-0.25, -0.2) is 9.59 Å². The Hall–Kier alpha value is -2.53. The van der Waals surface area contributed by atoms with Crippen LogP contribution in [0.4, 0.5) is 16.2 Å². The van der Waals surface area contributed by atoms with Gasteiger partial charge in [0.25, 0.3) is 0 Å². The predicted molar refractivity (Wildman–Crippen MR) is 82.2 cm³/mol. The Morgan fingerprint density at radius 3 is 2.33 bits per heavy atom. The van der Waals surface area contributed by atoms with Gasteiger partial charge < -0.3 is 15.7 Å². The molecule has 0 atom stereocenters. The van der Waals surface area contributed by atoms with Crippen LogP contribution in [0.15, 0.2) is 42.5 Å². The summed E-state index contributed by atoms with van der Waals surface area (Å²) in [5.74, 6) is -1.04. The third kappa shape index (κ3) is 3.97. The summed E-state index contributed by atoms with van der Waals surface area (Å²) in [5.41, 5.74) is 1.72. The fraction of sp³-hybridized carbons (Fsp3) is 0.0667. The summed E-state index contributed by atoms with van der Waals surface area (Å²) in [6.45, 7) is 1.69. The number of nitrogens with one attached hydrogen (secondary N) is 2. The van der Waals surface area contributed by atoms with E-state index >= 15 is 0 Å². The number of carbonyl (C=O) groups is 2. The molecule has 0 aliphatic carbocycles. The van der Waals surface area contributed by atoms with Crippen LogP contribution in [0.2, 0.25) is 5.02 Å². The van der Waals surface area contributed by atoms with Crippen molar-refractivity contribution in [2.24, 2.45) is 0 Å². The number of rotatable bonds is 3. The van der Waals surface area contributed by atoms with Gasteiger partial charge in [-0.3, -0.25) is 0 Å². The number of anilines is 2. The summed E-state index contributed by atoms with van der Waals surface area (Å²) >= 11 is 5.82. The maximum Gasteiger partial charge on any atom is 0.336 e. The molecule has 0 aliphatic heterocycles. The van der Waals surface area contributed by atoms with E-state index in [1.165, 1.54) is 6.07 Å². The summed E-state index contributed by atoms with van der Waals surface area (Å²) in [5, 5.41) is 14.7. The van der Waals surface area contributed by atoms with Crippen LogP contribution in [0, 0.1) is 6.92 Å². The van der Waals surface area contributed by atoms with Crippen LogP contribution in [0.1, 0.15) is 15.9 Å². The lowest BCUT2D eigenvalue weighted by Crippen LogP contribution is -2.19. The van der Waals surface area contributed by atoms with Crippen molar-refractivity contribution < 1.29 is 14.7 Å². The summed E-state index contributed by atoms with van der Waals surface area (Å²) in [7, 11) is 0. The second-order valence-corrected chi connectivity index (χ2v) is 4.86. The van der Waals surface area contributed by atoms with Crippen molar-refractivity contribution in [1.29, 1.82) is 0 Å². The predicted octanol–water partition coefficient (Wildman–Crippen LogP) is 3.99. The van der Waals surface area contributed by atoms with Crippen LogP contribution in [0.25, 0.3) is 0 Å². The fourth-order valence-electron chi connectivity index (χ4n) is 1.79. The van der Waals surface area contributed by atoms with Crippen molar-refractivity contribution >= 4 is 35.0 Å². The molecular formula is C15H13ClN2O3. The number of aromatic carboxylic acids is 1. The first-order valence-corrected chi connectivity index (χ1v) is 6.51. The number of carboxylic acid groups (broad SMARTS) is 1. The number of carboxylic acids is 1. The molecule has 2 amide bonds. The van der Waals surface area contributed by atoms with Gasteiger partial charge in [0.2, 0.25) is 0 Å². The van der Waals surface area contributed by atoms with Crippen LogP contribution >= 0.6 is 11.6 Å². The molecule has 0 unspecified atom stereocenters. The molecule has 0 fully saturated rings. The molecule has 0 aromatic heterocycles. The van der Waals surface area contributed by atoms with Crippen LogP contribution in [0.3, 0.4) is 0 Å². The van der Waals surface area contributed by atoms with E-state index in [9.17, 15) is 9.59 Å². The number of amides is 2. The minimum absolute atomic E-state index is 0.149. The first-order chi connectivity index (χ1) is 9.95. The Kier molecular flexibility index (Phi) is 4.45. The van der Waals surface area contributed by atoms with Crippen molar-refractivity contribution in [3.63, 3.8) is 0 Å². The Morgan fingerprint density at radius 2 is 1.71 bits per heavy atom. The average Bonchev–Trinajstić information content (AvgIpc) is 2.40. The molecule has 0 aliphatic rings. The van der Waals surface area contributed by atoms with E-state index < -0.39 is 12.0 Å². The van der Waals surface area contributed by atoms with Gasteiger partial charge in [-0.05, 0) is 42.8 Å². The standard InChI is InChI=1S/C15H13ClN2O3/c1-9-5-6-12(8-13(9)14(19)20)18-15(21)17-11-4-2-3-10(16)7-11/h2-8H,1H3,(H,19,20)(H2,17,18,21). The minimum Gasteiger partial charge on any atom is -0.478 e. The summed E-state index contributed by atoms with van der Waals surface area (Å²) in [6.07, 6.45) is 0. The van der Waals surface area contributed by atoms with Crippen molar-refractivity contribution in [3.05, 3.63) is 58.6 Å². The average molecular weight is 305 g/mol. The number of benzene rings is 2. The molecule has 2 aromatic carbocycles. The molecule has 0 bridgehead atoms. The molecule has 0 heterocycles. The molecule has 0 saturated carbocycles. The van der Waals surface area contributed by atoms with Crippen LogP contribution in [-0.4, -0.2) is 17.1 Å². The zero-order valence-electron chi connectivity index (χ0n) is 11.2. The highest BCUT2D eigenvalue weighted by Crippen LogP contribution is 2.17. The summed E-state index contributed by atoms with van der Waals surface area (Å²) in [6, 6.07) is 10.9. The minimum atomic E-state index is -1.04.